The summed E-state index contributed by atoms with van der Waals surface area (Å²) in [6.45, 7) is 6.03. The van der Waals surface area contributed by atoms with Gasteiger partial charge in [-0.25, -0.2) is 4.98 Å². The Labute approximate surface area is 167 Å². The fourth-order valence-corrected chi connectivity index (χ4v) is 3.20. The molecule has 0 spiro atoms. The first-order chi connectivity index (χ1) is 14.0. The molecule has 1 amide bonds. The van der Waals surface area contributed by atoms with E-state index in [4.69, 9.17) is 9.63 Å². The van der Waals surface area contributed by atoms with Gasteiger partial charge in [-0.1, -0.05) is 19.0 Å². The number of aromatic nitrogens is 5. The zero-order chi connectivity index (χ0) is 20.4. The zero-order valence-corrected chi connectivity index (χ0v) is 16.4. The molecule has 3 aromatic heterocycles. The summed E-state index contributed by atoms with van der Waals surface area (Å²) in [5.41, 5.74) is 2.68. The fraction of sp³-hybridized carbons (Fsp3) is 0.421. The molecular formula is C19H23N7O3. The summed E-state index contributed by atoms with van der Waals surface area (Å²) in [4.78, 5) is 23.1. The molecule has 3 aromatic rings. The summed E-state index contributed by atoms with van der Waals surface area (Å²) < 4.78 is 6.95. The molecule has 0 saturated heterocycles. The van der Waals surface area contributed by atoms with Crippen LogP contribution < -0.4 is 10.2 Å². The first kappa shape index (κ1) is 19.1. The van der Waals surface area contributed by atoms with Crippen molar-refractivity contribution >= 4 is 11.7 Å². The number of carbonyl (C=O) groups excluding carboxylic acids is 1. The van der Waals surface area contributed by atoms with Crippen molar-refractivity contribution in [3.63, 3.8) is 0 Å². The molecule has 0 saturated carbocycles. The summed E-state index contributed by atoms with van der Waals surface area (Å²) in [6.07, 6.45) is 3.39. The second kappa shape index (κ2) is 8.00. The number of pyridine rings is 1. The van der Waals surface area contributed by atoms with E-state index in [1.807, 2.05) is 30.8 Å². The number of hydrogen-bond acceptors (Lipinski definition) is 8. The van der Waals surface area contributed by atoms with Crippen molar-refractivity contribution in [2.75, 3.05) is 11.5 Å². The van der Waals surface area contributed by atoms with Gasteiger partial charge in [0.05, 0.1) is 43.7 Å². The Hall–Kier alpha value is -3.27. The molecule has 152 valence electrons. The van der Waals surface area contributed by atoms with Crippen molar-refractivity contribution in [2.24, 2.45) is 0 Å². The van der Waals surface area contributed by atoms with Gasteiger partial charge < -0.3 is 19.8 Å². The third-order valence-electron chi connectivity index (χ3n) is 4.77. The quantitative estimate of drug-likeness (QED) is 0.610. The van der Waals surface area contributed by atoms with E-state index in [0.29, 0.717) is 36.9 Å². The Morgan fingerprint density at radius 3 is 2.86 bits per heavy atom. The molecule has 0 radical (unpaired) electrons. The van der Waals surface area contributed by atoms with Gasteiger partial charge in [-0.3, -0.25) is 9.48 Å². The normalized spacial score (nSPS) is 13.2. The molecule has 4 heterocycles. The highest BCUT2D eigenvalue weighted by Crippen LogP contribution is 2.26. The van der Waals surface area contributed by atoms with Gasteiger partial charge in [0.15, 0.2) is 5.82 Å². The second-order valence-corrected chi connectivity index (χ2v) is 7.21. The number of fused-ring (bicyclic) bond motifs is 1. The summed E-state index contributed by atoms with van der Waals surface area (Å²) in [5.74, 6) is 1.68. The van der Waals surface area contributed by atoms with Crippen LogP contribution in [0.4, 0.5) is 5.82 Å². The number of nitrogens with one attached hydrogen (secondary N) is 1. The van der Waals surface area contributed by atoms with Crippen molar-refractivity contribution < 1.29 is 14.4 Å². The van der Waals surface area contributed by atoms with Gasteiger partial charge >= 0.3 is 0 Å². The van der Waals surface area contributed by atoms with Crippen LogP contribution in [-0.4, -0.2) is 42.5 Å². The van der Waals surface area contributed by atoms with Crippen LogP contribution >= 0.6 is 0 Å². The highest BCUT2D eigenvalue weighted by atomic mass is 16.5. The van der Waals surface area contributed by atoms with E-state index < -0.39 is 0 Å². The number of hydrogen-bond donors (Lipinski definition) is 2. The number of rotatable bonds is 7. The molecule has 1 aliphatic rings. The molecule has 0 bridgehead atoms. The van der Waals surface area contributed by atoms with E-state index in [-0.39, 0.29) is 25.0 Å². The lowest BCUT2D eigenvalue weighted by Gasteiger charge is -2.17. The predicted octanol–water partition coefficient (Wildman–Crippen LogP) is 1.23. The summed E-state index contributed by atoms with van der Waals surface area (Å²) >= 11 is 0. The Bertz CT molecular complexity index is 994. The van der Waals surface area contributed by atoms with Gasteiger partial charge in [0.1, 0.15) is 5.82 Å². The van der Waals surface area contributed by atoms with Crippen LogP contribution in [0.15, 0.2) is 29.0 Å². The standard InChI is InChI=1S/C19H23N7O3/c1-12(2)19-23-16(24-29-19)9-21-18(28)13-3-4-17(20-7-13)25-10-14-8-22-26(5-6-27)15(14)11-25/h3-4,7-8,12,27H,5-6,9-11H2,1-2H3,(H,21,28). The first-order valence-corrected chi connectivity index (χ1v) is 9.51. The van der Waals surface area contributed by atoms with Gasteiger partial charge in [-0.2, -0.15) is 10.1 Å². The van der Waals surface area contributed by atoms with Crippen molar-refractivity contribution in [1.29, 1.82) is 0 Å². The third-order valence-corrected chi connectivity index (χ3v) is 4.77. The molecule has 0 aromatic carbocycles. The summed E-state index contributed by atoms with van der Waals surface area (Å²) in [5, 5.41) is 20.1. The van der Waals surface area contributed by atoms with E-state index >= 15 is 0 Å². The average molecular weight is 397 g/mol. The maximum Gasteiger partial charge on any atom is 0.253 e. The van der Waals surface area contributed by atoms with Gasteiger partial charge in [0, 0.05) is 24.2 Å². The third kappa shape index (κ3) is 3.97. The highest BCUT2D eigenvalue weighted by molar-refractivity contribution is 5.93. The van der Waals surface area contributed by atoms with Gasteiger partial charge in [-0.05, 0) is 12.1 Å². The predicted molar refractivity (Wildman–Crippen MR) is 103 cm³/mol. The molecule has 0 fully saturated rings. The molecule has 1 aliphatic heterocycles. The van der Waals surface area contributed by atoms with Gasteiger partial charge in [-0.15, -0.1) is 0 Å². The SMILES string of the molecule is CC(C)c1nc(CNC(=O)c2ccc(N3Cc4cnn(CCO)c4C3)nc2)no1. The molecule has 0 aliphatic carbocycles. The lowest BCUT2D eigenvalue weighted by atomic mass is 10.2. The van der Waals surface area contributed by atoms with Crippen molar-refractivity contribution in [3.05, 3.63) is 53.1 Å². The fourth-order valence-electron chi connectivity index (χ4n) is 3.20. The largest absolute Gasteiger partial charge is 0.394 e. The van der Waals surface area contributed by atoms with Crippen LogP contribution in [0.2, 0.25) is 0 Å². The van der Waals surface area contributed by atoms with E-state index in [0.717, 1.165) is 17.1 Å². The van der Waals surface area contributed by atoms with E-state index in [1.54, 1.807) is 12.3 Å². The van der Waals surface area contributed by atoms with Gasteiger partial charge in [0.25, 0.3) is 5.91 Å². The number of aliphatic hydroxyl groups excluding tert-OH is 1. The Morgan fingerprint density at radius 1 is 1.31 bits per heavy atom. The smallest absolute Gasteiger partial charge is 0.253 e. The van der Waals surface area contributed by atoms with Crippen LogP contribution in [0.25, 0.3) is 0 Å². The minimum absolute atomic E-state index is 0.0544. The maximum atomic E-state index is 12.4. The molecule has 4 rings (SSSR count). The lowest BCUT2D eigenvalue weighted by Crippen LogP contribution is -2.24. The Morgan fingerprint density at radius 2 is 2.17 bits per heavy atom. The van der Waals surface area contributed by atoms with Crippen molar-refractivity contribution in [3.8, 4) is 0 Å². The van der Waals surface area contributed by atoms with E-state index in [1.165, 1.54) is 0 Å². The first-order valence-electron chi connectivity index (χ1n) is 9.51. The van der Waals surface area contributed by atoms with Crippen LogP contribution in [0, 0.1) is 0 Å². The number of anilines is 1. The number of amides is 1. The topological polar surface area (TPSA) is 122 Å². The molecule has 10 nitrogen and oxygen atoms in total. The molecule has 29 heavy (non-hydrogen) atoms. The van der Waals surface area contributed by atoms with Crippen molar-refractivity contribution in [2.45, 2.75) is 45.9 Å². The minimum Gasteiger partial charge on any atom is -0.394 e. The number of nitrogens with zero attached hydrogens (tertiary/aromatic N) is 6. The van der Waals surface area contributed by atoms with Crippen LogP contribution in [-0.2, 0) is 26.2 Å². The van der Waals surface area contributed by atoms with Gasteiger partial charge in [0.2, 0.25) is 5.89 Å². The summed E-state index contributed by atoms with van der Waals surface area (Å²) in [7, 11) is 0. The summed E-state index contributed by atoms with van der Waals surface area (Å²) in [6, 6.07) is 3.58. The van der Waals surface area contributed by atoms with Crippen LogP contribution in [0.1, 0.15) is 53.1 Å². The molecule has 0 atom stereocenters. The average Bonchev–Trinajstić information content (AvgIpc) is 3.43. The van der Waals surface area contributed by atoms with E-state index in [2.05, 4.69) is 30.4 Å². The van der Waals surface area contributed by atoms with Crippen LogP contribution in [0.3, 0.4) is 0 Å². The van der Waals surface area contributed by atoms with Crippen molar-refractivity contribution in [1.82, 2.24) is 30.2 Å². The molecule has 2 N–H and O–H groups in total. The van der Waals surface area contributed by atoms with E-state index in [9.17, 15) is 4.79 Å². The molecule has 0 unspecified atom stereocenters. The minimum atomic E-state index is -0.247. The Kier molecular flexibility index (Phi) is 5.26. The maximum absolute atomic E-state index is 12.4. The molecule has 10 heteroatoms. The number of aliphatic hydroxyl groups is 1. The van der Waals surface area contributed by atoms with Crippen LogP contribution in [0.5, 0.6) is 0 Å². The lowest BCUT2D eigenvalue weighted by molar-refractivity contribution is 0.0949. The highest BCUT2D eigenvalue weighted by Gasteiger charge is 2.24. The second-order valence-electron chi connectivity index (χ2n) is 7.21. The number of carbonyl (C=O) groups is 1. The zero-order valence-electron chi connectivity index (χ0n) is 16.4. The monoisotopic (exact) mass is 397 g/mol. The Balaban J connectivity index is 1.36. The molecular weight excluding hydrogens is 374 g/mol.